The predicted molar refractivity (Wildman–Crippen MR) is 72.9 cm³/mol. The van der Waals surface area contributed by atoms with Gasteiger partial charge in [0.15, 0.2) is 0 Å². The van der Waals surface area contributed by atoms with Crippen molar-refractivity contribution in [3.63, 3.8) is 0 Å². The van der Waals surface area contributed by atoms with Gasteiger partial charge in [0.25, 0.3) is 0 Å². The molecule has 0 amide bonds. The average molecular weight is 232 g/mol. The Morgan fingerprint density at radius 1 is 1.24 bits per heavy atom. The van der Waals surface area contributed by atoms with E-state index in [0.29, 0.717) is 5.92 Å². The highest BCUT2D eigenvalue weighted by atomic mass is 15.0. The Hall–Kier alpha value is -0.860. The fraction of sp³-hybridized carbons (Fsp3) is 0.600. The van der Waals surface area contributed by atoms with Crippen molar-refractivity contribution in [2.45, 2.75) is 45.2 Å². The molecule has 2 heteroatoms. The molecule has 1 fully saturated rings. The third-order valence-electron chi connectivity index (χ3n) is 3.26. The summed E-state index contributed by atoms with van der Waals surface area (Å²) in [6.07, 6.45) is 3.79. The molecule has 1 aliphatic rings. The second-order valence-electron chi connectivity index (χ2n) is 5.63. The Balaban J connectivity index is 1.86. The summed E-state index contributed by atoms with van der Waals surface area (Å²) in [5.74, 6) is 0.714. The molecule has 0 bridgehead atoms. The average Bonchev–Trinajstić information content (AvgIpc) is 3.10. The van der Waals surface area contributed by atoms with Crippen molar-refractivity contribution in [2.75, 3.05) is 6.54 Å². The van der Waals surface area contributed by atoms with Crippen LogP contribution in [-0.2, 0) is 6.42 Å². The van der Waals surface area contributed by atoms with Gasteiger partial charge in [-0.2, -0.15) is 0 Å². The zero-order chi connectivity index (χ0) is 12.3. The number of hydrogen-bond acceptors (Lipinski definition) is 2. The van der Waals surface area contributed by atoms with Crippen molar-refractivity contribution >= 4 is 0 Å². The maximum absolute atomic E-state index is 6.16. The topological polar surface area (TPSA) is 38.0 Å². The first-order valence-electron chi connectivity index (χ1n) is 6.73. The van der Waals surface area contributed by atoms with Gasteiger partial charge in [-0.3, -0.25) is 0 Å². The summed E-state index contributed by atoms with van der Waals surface area (Å²) < 4.78 is 0. The number of nitrogens with two attached hydrogens (primary N) is 1. The van der Waals surface area contributed by atoms with E-state index >= 15 is 0 Å². The third kappa shape index (κ3) is 4.14. The van der Waals surface area contributed by atoms with Crippen molar-refractivity contribution < 1.29 is 0 Å². The molecule has 94 valence electrons. The summed E-state index contributed by atoms with van der Waals surface area (Å²) in [7, 11) is 0. The minimum absolute atomic E-state index is 0.128. The van der Waals surface area contributed by atoms with Crippen LogP contribution in [0.2, 0.25) is 0 Å². The minimum Gasteiger partial charge on any atom is -0.323 e. The van der Waals surface area contributed by atoms with E-state index in [1.165, 1.54) is 24.0 Å². The molecule has 0 aromatic heterocycles. The maximum Gasteiger partial charge on any atom is 0.0421 e. The smallest absolute Gasteiger partial charge is 0.0421 e. The highest BCUT2D eigenvalue weighted by Gasteiger charge is 2.21. The van der Waals surface area contributed by atoms with Crippen LogP contribution in [0.15, 0.2) is 24.3 Å². The molecular formula is C15H24N2. The van der Waals surface area contributed by atoms with E-state index in [0.717, 1.165) is 19.0 Å². The van der Waals surface area contributed by atoms with E-state index < -0.39 is 0 Å². The fourth-order valence-electron chi connectivity index (χ4n) is 2.07. The first kappa shape index (κ1) is 12.6. The van der Waals surface area contributed by atoms with Gasteiger partial charge >= 0.3 is 0 Å². The second-order valence-corrected chi connectivity index (χ2v) is 5.63. The van der Waals surface area contributed by atoms with Crippen molar-refractivity contribution in [1.82, 2.24) is 5.32 Å². The van der Waals surface area contributed by atoms with E-state index in [9.17, 15) is 0 Å². The number of nitrogens with one attached hydrogen (secondary N) is 1. The van der Waals surface area contributed by atoms with Crippen LogP contribution in [-0.4, -0.2) is 12.6 Å². The molecule has 1 saturated carbocycles. The van der Waals surface area contributed by atoms with Gasteiger partial charge in [0.2, 0.25) is 0 Å². The Morgan fingerprint density at radius 2 is 1.88 bits per heavy atom. The standard InChI is InChI=1S/C15H24N2/c1-11(2)9-12-3-5-13(6-4-12)15(16)10-17-14-7-8-14/h3-6,11,14-15,17H,7-10,16H2,1-2H3. The van der Waals surface area contributed by atoms with Gasteiger partial charge in [0.1, 0.15) is 0 Å². The Kier molecular flexibility index (Phi) is 4.19. The monoisotopic (exact) mass is 232 g/mol. The van der Waals surface area contributed by atoms with Gasteiger partial charge < -0.3 is 11.1 Å². The first-order valence-corrected chi connectivity index (χ1v) is 6.73. The van der Waals surface area contributed by atoms with E-state index in [-0.39, 0.29) is 6.04 Å². The highest BCUT2D eigenvalue weighted by Crippen LogP contribution is 2.20. The largest absolute Gasteiger partial charge is 0.323 e. The summed E-state index contributed by atoms with van der Waals surface area (Å²) in [5.41, 5.74) is 8.81. The van der Waals surface area contributed by atoms with Gasteiger partial charge in [0, 0.05) is 18.6 Å². The molecule has 17 heavy (non-hydrogen) atoms. The molecule has 1 aromatic rings. The van der Waals surface area contributed by atoms with Gasteiger partial charge in [-0.15, -0.1) is 0 Å². The summed E-state index contributed by atoms with van der Waals surface area (Å²) in [4.78, 5) is 0. The van der Waals surface area contributed by atoms with E-state index in [1.54, 1.807) is 0 Å². The SMILES string of the molecule is CC(C)Cc1ccc(C(N)CNC2CC2)cc1. The van der Waals surface area contributed by atoms with Crippen LogP contribution in [0.4, 0.5) is 0 Å². The Labute approximate surface area is 105 Å². The van der Waals surface area contributed by atoms with E-state index in [2.05, 4.69) is 43.4 Å². The number of hydrogen-bond donors (Lipinski definition) is 2. The minimum atomic E-state index is 0.128. The van der Waals surface area contributed by atoms with Crippen LogP contribution in [0.1, 0.15) is 43.9 Å². The third-order valence-corrected chi connectivity index (χ3v) is 3.26. The molecule has 1 unspecified atom stereocenters. The molecular weight excluding hydrogens is 208 g/mol. The summed E-state index contributed by atoms with van der Waals surface area (Å²) in [5, 5.41) is 3.48. The van der Waals surface area contributed by atoms with Crippen LogP contribution >= 0.6 is 0 Å². The maximum atomic E-state index is 6.16. The molecule has 1 atom stereocenters. The van der Waals surface area contributed by atoms with Crippen molar-refractivity contribution in [1.29, 1.82) is 0 Å². The van der Waals surface area contributed by atoms with E-state index in [1.807, 2.05) is 0 Å². The molecule has 0 radical (unpaired) electrons. The number of benzene rings is 1. The van der Waals surface area contributed by atoms with Gasteiger partial charge in [0.05, 0.1) is 0 Å². The molecule has 1 aromatic carbocycles. The normalized spacial score (nSPS) is 17.4. The van der Waals surface area contributed by atoms with Gasteiger partial charge in [-0.1, -0.05) is 38.1 Å². The van der Waals surface area contributed by atoms with Gasteiger partial charge in [-0.05, 0) is 36.3 Å². The molecule has 2 nitrogen and oxygen atoms in total. The fourth-order valence-corrected chi connectivity index (χ4v) is 2.07. The van der Waals surface area contributed by atoms with Crippen molar-refractivity contribution in [3.05, 3.63) is 35.4 Å². The number of rotatable bonds is 6. The molecule has 0 aliphatic heterocycles. The van der Waals surface area contributed by atoms with Gasteiger partial charge in [-0.25, -0.2) is 0 Å². The molecule has 3 N–H and O–H groups in total. The zero-order valence-corrected chi connectivity index (χ0v) is 10.9. The Morgan fingerprint density at radius 3 is 2.41 bits per heavy atom. The second kappa shape index (κ2) is 5.65. The van der Waals surface area contributed by atoms with Crippen LogP contribution in [0.5, 0.6) is 0 Å². The van der Waals surface area contributed by atoms with Crippen molar-refractivity contribution in [3.8, 4) is 0 Å². The highest BCUT2D eigenvalue weighted by molar-refractivity contribution is 5.25. The molecule has 1 aliphatic carbocycles. The predicted octanol–water partition coefficient (Wildman–Crippen LogP) is 2.64. The lowest BCUT2D eigenvalue weighted by Gasteiger charge is -2.14. The molecule has 0 spiro atoms. The van der Waals surface area contributed by atoms with Crippen molar-refractivity contribution in [2.24, 2.45) is 11.7 Å². The lowest BCUT2D eigenvalue weighted by atomic mass is 9.99. The quantitative estimate of drug-likeness (QED) is 0.791. The lowest BCUT2D eigenvalue weighted by Crippen LogP contribution is -2.28. The molecule has 2 rings (SSSR count). The first-order chi connectivity index (χ1) is 8.15. The molecule has 0 saturated heterocycles. The van der Waals surface area contributed by atoms with Crippen LogP contribution in [0.25, 0.3) is 0 Å². The Bertz CT molecular complexity index is 338. The zero-order valence-electron chi connectivity index (χ0n) is 10.9. The lowest BCUT2D eigenvalue weighted by molar-refractivity contribution is 0.594. The van der Waals surface area contributed by atoms with Crippen LogP contribution < -0.4 is 11.1 Å². The van der Waals surface area contributed by atoms with Crippen LogP contribution in [0.3, 0.4) is 0 Å². The summed E-state index contributed by atoms with van der Waals surface area (Å²) in [6, 6.07) is 9.65. The van der Waals surface area contributed by atoms with E-state index in [4.69, 9.17) is 5.73 Å². The summed E-state index contributed by atoms with van der Waals surface area (Å²) in [6.45, 7) is 5.40. The molecule has 0 heterocycles. The summed E-state index contributed by atoms with van der Waals surface area (Å²) >= 11 is 0. The van der Waals surface area contributed by atoms with Crippen LogP contribution in [0, 0.1) is 5.92 Å².